The average molecular weight is 304 g/mol. The molecule has 0 fully saturated rings. The number of carboxylic acid groups (broad SMARTS) is 1. The maximum Gasteiger partial charge on any atom is 0.412 e. The first-order valence-electron chi connectivity index (χ1n) is 6.43. The molecule has 0 radical (unpaired) electrons. The van der Waals surface area contributed by atoms with E-state index in [9.17, 15) is 19.5 Å². The first-order chi connectivity index (χ1) is 9.53. The first-order valence-corrected chi connectivity index (χ1v) is 6.43. The number of carbonyl (C=O) groups excluding carboxylic acids is 2. The highest BCUT2D eigenvalue weighted by Crippen LogP contribution is 2.16. The van der Waals surface area contributed by atoms with Gasteiger partial charge in [0.15, 0.2) is 0 Å². The molecule has 2 amide bonds. The second-order valence-electron chi connectivity index (χ2n) is 5.45. The summed E-state index contributed by atoms with van der Waals surface area (Å²) in [4.78, 5) is 35.5. The highest BCUT2D eigenvalue weighted by Gasteiger charge is 2.37. The molecule has 0 aliphatic heterocycles. The second kappa shape index (κ2) is 7.79. The number of nitrogens with zero attached hydrogens (tertiary/aromatic N) is 1. The summed E-state index contributed by atoms with van der Waals surface area (Å²) >= 11 is 0. The van der Waals surface area contributed by atoms with E-state index in [0.717, 1.165) is 4.90 Å². The van der Waals surface area contributed by atoms with Crippen molar-refractivity contribution in [3.05, 3.63) is 0 Å². The number of nitrogens with one attached hydrogen (secondary N) is 1. The number of hydrogen-bond donors (Lipinski definition) is 4. The molecule has 0 saturated heterocycles. The third-order valence-electron chi connectivity index (χ3n) is 2.51. The summed E-state index contributed by atoms with van der Waals surface area (Å²) in [5, 5.41) is 12.0. The van der Waals surface area contributed by atoms with E-state index in [1.54, 1.807) is 20.8 Å². The van der Waals surface area contributed by atoms with Gasteiger partial charge in [0.25, 0.3) is 0 Å². The predicted molar refractivity (Wildman–Crippen MR) is 75.2 cm³/mol. The van der Waals surface area contributed by atoms with Gasteiger partial charge >= 0.3 is 12.1 Å². The lowest BCUT2D eigenvalue weighted by Crippen LogP contribution is -2.59. The summed E-state index contributed by atoms with van der Waals surface area (Å²) in [6, 6.07) is -1.46. The van der Waals surface area contributed by atoms with Crippen molar-refractivity contribution in [2.45, 2.75) is 45.0 Å². The van der Waals surface area contributed by atoms with E-state index in [2.05, 4.69) is 5.32 Å². The molecule has 0 aromatic rings. The topological polar surface area (TPSA) is 148 Å². The van der Waals surface area contributed by atoms with Crippen LogP contribution in [0.15, 0.2) is 0 Å². The van der Waals surface area contributed by atoms with Crippen LogP contribution in [-0.4, -0.2) is 59.4 Å². The Morgan fingerprint density at radius 1 is 1.33 bits per heavy atom. The number of primary amides is 1. The maximum absolute atomic E-state index is 12.2. The van der Waals surface area contributed by atoms with Crippen molar-refractivity contribution in [3.8, 4) is 0 Å². The SMILES string of the molecule is CNC(CN)N(C(=O)OC(C)(C)C)[C@@H](CC(N)=O)C(=O)O. The minimum atomic E-state index is -1.46. The van der Waals surface area contributed by atoms with Gasteiger partial charge in [-0.2, -0.15) is 0 Å². The summed E-state index contributed by atoms with van der Waals surface area (Å²) in [7, 11) is 1.51. The van der Waals surface area contributed by atoms with E-state index in [4.69, 9.17) is 16.2 Å². The van der Waals surface area contributed by atoms with Crippen LogP contribution in [0.25, 0.3) is 0 Å². The number of nitrogens with two attached hydrogens (primary N) is 2. The molecule has 0 rings (SSSR count). The second-order valence-corrected chi connectivity index (χ2v) is 5.45. The fourth-order valence-electron chi connectivity index (χ4n) is 1.65. The number of amides is 2. The molecule has 6 N–H and O–H groups in total. The lowest BCUT2D eigenvalue weighted by molar-refractivity contribution is -0.146. The van der Waals surface area contributed by atoms with Crippen molar-refractivity contribution >= 4 is 18.0 Å². The summed E-state index contributed by atoms with van der Waals surface area (Å²) in [6.07, 6.45) is -2.23. The van der Waals surface area contributed by atoms with Gasteiger partial charge in [-0.3, -0.25) is 15.0 Å². The Kier molecular flexibility index (Phi) is 7.10. The van der Waals surface area contributed by atoms with E-state index >= 15 is 0 Å². The molecule has 0 aliphatic rings. The molecule has 21 heavy (non-hydrogen) atoms. The number of aliphatic carboxylic acids is 1. The molecule has 0 saturated carbocycles. The minimum absolute atomic E-state index is 0.0573. The van der Waals surface area contributed by atoms with Gasteiger partial charge in [0.1, 0.15) is 11.6 Å². The van der Waals surface area contributed by atoms with Crippen molar-refractivity contribution in [2.75, 3.05) is 13.6 Å². The molecular formula is C12H24N4O5. The monoisotopic (exact) mass is 304 g/mol. The van der Waals surface area contributed by atoms with E-state index in [1.165, 1.54) is 7.05 Å². The minimum Gasteiger partial charge on any atom is -0.480 e. The Balaban J connectivity index is 5.50. The number of hydrogen-bond acceptors (Lipinski definition) is 6. The molecule has 0 heterocycles. The highest BCUT2D eigenvalue weighted by molar-refractivity contribution is 5.86. The van der Waals surface area contributed by atoms with Gasteiger partial charge < -0.3 is 21.3 Å². The van der Waals surface area contributed by atoms with Crippen LogP contribution in [0.3, 0.4) is 0 Å². The quantitative estimate of drug-likeness (QED) is 0.443. The predicted octanol–water partition coefficient (Wildman–Crippen LogP) is -0.944. The molecule has 122 valence electrons. The van der Waals surface area contributed by atoms with Gasteiger partial charge in [0.2, 0.25) is 5.91 Å². The molecule has 2 atom stereocenters. The highest BCUT2D eigenvalue weighted by atomic mass is 16.6. The normalized spacial score (nSPS) is 14.1. The van der Waals surface area contributed by atoms with Crippen LogP contribution in [0.5, 0.6) is 0 Å². The Morgan fingerprint density at radius 2 is 1.86 bits per heavy atom. The fraction of sp³-hybridized carbons (Fsp3) is 0.750. The molecule has 9 heteroatoms. The van der Waals surface area contributed by atoms with Crippen LogP contribution in [0.2, 0.25) is 0 Å². The molecule has 0 aliphatic carbocycles. The van der Waals surface area contributed by atoms with Crippen molar-refractivity contribution in [1.82, 2.24) is 10.2 Å². The molecule has 0 bridgehead atoms. The standard InChI is InChI=1S/C12H24N4O5/c1-12(2,3)21-11(20)16(9(6-13)15-4)7(10(18)19)5-8(14)17/h7,9,15H,5-6,13H2,1-4H3,(H2,14,17)(H,18,19)/t7-,9?/m0/s1. The number of carboxylic acids is 1. The lowest BCUT2D eigenvalue weighted by atomic mass is 10.1. The van der Waals surface area contributed by atoms with Gasteiger partial charge in [-0.25, -0.2) is 9.59 Å². The zero-order valence-corrected chi connectivity index (χ0v) is 12.8. The lowest BCUT2D eigenvalue weighted by Gasteiger charge is -2.36. The van der Waals surface area contributed by atoms with Crippen molar-refractivity contribution in [1.29, 1.82) is 0 Å². The third-order valence-corrected chi connectivity index (χ3v) is 2.51. The molecule has 0 spiro atoms. The first kappa shape index (κ1) is 19.1. The van der Waals surface area contributed by atoms with E-state index in [0.29, 0.717) is 0 Å². The zero-order valence-electron chi connectivity index (χ0n) is 12.8. The van der Waals surface area contributed by atoms with E-state index < -0.39 is 42.2 Å². The number of likely N-dealkylation sites (N-methyl/N-ethyl adjacent to an activating group) is 1. The van der Waals surface area contributed by atoms with Crippen molar-refractivity contribution in [2.24, 2.45) is 11.5 Å². The van der Waals surface area contributed by atoms with E-state index in [-0.39, 0.29) is 6.54 Å². The van der Waals surface area contributed by atoms with Crippen LogP contribution < -0.4 is 16.8 Å². The molecule has 0 aromatic carbocycles. The third kappa shape index (κ3) is 6.41. The average Bonchev–Trinajstić information content (AvgIpc) is 2.30. The van der Waals surface area contributed by atoms with Crippen molar-refractivity contribution < 1.29 is 24.2 Å². The molecule has 1 unspecified atom stereocenters. The Labute approximate surface area is 123 Å². The molecule has 9 nitrogen and oxygen atoms in total. The Bertz CT molecular complexity index is 390. The summed E-state index contributed by atoms with van der Waals surface area (Å²) in [6.45, 7) is 4.87. The van der Waals surface area contributed by atoms with Crippen LogP contribution in [0.1, 0.15) is 27.2 Å². The molecular weight excluding hydrogens is 280 g/mol. The van der Waals surface area contributed by atoms with Crippen LogP contribution in [0, 0.1) is 0 Å². The molecule has 0 aromatic heterocycles. The van der Waals surface area contributed by atoms with Gasteiger partial charge in [-0.15, -0.1) is 0 Å². The van der Waals surface area contributed by atoms with Crippen LogP contribution in [-0.2, 0) is 14.3 Å². The van der Waals surface area contributed by atoms with E-state index in [1.807, 2.05) is 0 Å². The fourth-order valence-corrected chi connectivity index (χ4v) is 1.65. The summed E-state index contributed by atoms with van der Waals surface area (Å²) < 4.78 is 5.17. The van der Waals surface area contributed by atoms with Gasteiger partial charge in [-0.1, -0.05) is 0 Å². The zero-order chi connectivity index (χ0) is 16.8. The van der Waals surface area contributed by atoms with Crippen molar-refractivity contribution in [3.63, 3.8) is 0 Å². The number of carbonyl (C=O) groups is 3. The van der Waals surface area contributed by atoms with Crippen LogP contribution in [0.4, 0.5) is 4.79 Å². The number of rotatable bonds is 7. The number of ether oxygens (including phenoxy) is 1. The van der Waals surface area contributed by atoms with Gasteiger partial charge in [0.05, 0.1) is 12.6 Å². The van der Waals surface area contributed by atoms with Gasteiger partial charge in [0, 0.05) is 6.54 Å². The summed E-state index contributed by atoms with van der Waals surface area (Å²) in [5.74, 6) is -2.21. The Morgan fingerprint density at radius 3 is 2.14 bits per heavy atom. The summed E-state index contributed by atoms with van der Waals surface area (Å²) in [5.41, 5.74) is 9.76. The van der Waals surface area contributed by atoms with Crippen LogP contribution >= 0.6 is 0 Å². The largest absolute Gasteiger partial charge is 0.480 e. The smallest absolute Gasteiger partial charge is 0.412 e. The van der Waals surface area contributed by atoms with Gasteiger partial charge in [-0.05, 0) is 27.8 Å². The Hall–Kier alpha value is -1.87. The maximum atomic E-state index is 12.2.